The zero-order valence-corrected chi connectivity index (χ0v) is 6.10. The van der Waals surface area contributed by atoms with Gasteiger partial charge in [-0.05, 0) is 25.8 Å². The Morgan fingerprint density at radius 2 is 2.11 bits per heavy atom. The molecule has 0 aliphatic heterocycles. The number of carbonyl (C=O) groups is 1. The summed E-state index contributed by atoms with van der Waals surface area (Å²) in [6, 6.07) is 0. The number of ether oxygens (including phenoxy) is 1. The molecule has 0 aliphatic carbocycles. The normalized spacial score (nSPS) is 12.3. The van der Waals surface area contributed by atoms with Gasteiger partial charge in [0.1, 0.15) is 5.76 Å². The minimum absolute atomic E-state index is 0.453. The maximum Gasteiger partial charge on any atom is 0.298 e. The van der Waals surface area contributed by atoms with Gasteiger partial charge in [0, 0.05) is 0 Å². The molecule has 0 radical (unpaired) electrons. The number of allylic oxidation sites excluding steroid dienone is 2. The van der Waals surface area contributed by atoms with Gasteiger partial charge in [-0.2, -0.15) is 0 Å². The molecule has 0 rings (SSSR count). The highest BCUT2D eigenvalue weighted by atomic mass is 16.5. The van der Waals surface area contributed by atoms with Gasteiger partial charge in [-0.3, -0.25) is 4.79 Å². The second kappa shape index (κ2) is 4.13. The van der Waals surface area contributed by atoms with E-state index in [9.17, 15) is 4.79 Å². The first-order valence-corrected chi connectivity index (χ1v) is 2.99. The van der Waals surface area contributed by atoms with Crippen molar-refractivity contribution >= 4 is 6.47 Å². The Bertz CT molecular complexity index is 125. The zero-order chi connectivity index (χ0) is 7.28. The Hall–Kier alpha value is -0.790. The molecule has 0 heterocycles. The molecule has 52 valence electrons. The third-order valence-electron chi connectivity index (χ3n) is 1.36. The summed E-state index contributed by atoms with van der Waals surface area (Å²) in [5.74, 6) is 0.715. The standard InChI is InChI=1S/C7H12O2/c1-4-6(2)7(3)9-5-8/h5H,4H2,1-3H3/b7-6+. The van der Waals surface area contributed by atoms with Gasteiger partial charge in [0.25, 0.3) is 6.47 Å². The van der Waals surface area contributed by atoms with Crippen LogP contribution < -0.4 is 0 Å². The minimum atomic E-state index is 0.453. The van der Waals surface area contributed by atoms with Crippen LogP contribution in [-0.2, 0) is 9.53 Å². The molecule has 0 aromatic carbocycles. The molecule has 0 aromatic rings. The molecule has 0 aliphatic rings. The van der Waals surface area contributed by atoms with E-state index in [1.807, 2.05) is 13.8 Å². The zero-order valence-electron chi connectivity index (χ0n) is 6.10. The maximum atomic E-state index is 9.78. The summed E-state index contributed by atoms with van der Waals surface area (Å²) in [6.07, 6.45) is 0.930. The molecule has 2 heteroatoms. The Balaban J connectivity index is 3.92. The lowest BCUT2D eigenvalue weighted by Crippen LogP contribution is -1.87. The van der Waals surface area contributed by atoms with Gasteiger partial charge < -0.3 is 4.74 Å². The highest BCUT2D eigenvalue weighted by molar-refractivity contribution is 5.40. The number of hydrogen-bond acceptors (Lipinski definition) is 2. The average molecular weight is 128 g/mol. The first-order chi connectivity index (χ1) is 4.22. The van der Waals surface area contributed by atoms with Crippen LogP contribution in [0.1, 0.15) is 27.2 Å². The van der Waals surface area contributed by atoms with Crippen molar-refractivity contribution in [1.29, 1.82) is 0 Å². The average Bonchev–Trinajstić information content (AvgIpc) is 1.87. The minimum Gasteiger partial charge on any atom is -0.434 e. The largest absolute Gasteiger partial charge is 0.434 e. The predicted molar refractivity (Wildman–Crippen MR) is 35.8 cm³/mol. The quantitative estimate of drug-likeness (QED) is 0.428. The lowest BCUT2D eigenvalue weighted by molar-refractivity contribution is -0.125. The molecule has 0 spiro atoms. The van der Waals surface area contributed by atoms with E-state index < -0.39 is 0 Å². The topological polar surface area (TPSA) is 26.3 Å². The first kappa shape index (κ1) is 8.21. The Labute approximate surface area is 55.5 Å². The van der Waals surface area contributed by atoms with Gasteiger partial charge in [0.2, 0.25) is 0 Å². The summed E-state index contributed by atoms with van der Waals surface area (Å²) in [4.78, 5) is 9.78. The molecule has 0 fully saturated rings. The predicted octanol–water partition coefficient (Wildman–Crippen LogP) is 1.86. The molecule has 2 nitrogen and oxygen atoms in total. The van der Waals surface area contributed by atoms with Crippen LogP contribution in [0.25, 0.3) is 0 Å². The monoisotopic (exact) mass is 128 g/mol. The van der Waals surface area contributed by atoms with Crippen molar-refractivity contribution in [2.45, 2.75) is 27.2 Å². The summed E-state index contributed by atoms with van der Waals surface area (Å²) < 4.78 is 4.59. The van der Waals surface area contributed by atoms with Crippen LogP contribution >= 0.6 is 0 Å². The van der Waals surface area contributed by atoms with Crippen molar-refractivity contribution in [3.05, 3.63) is 11.3 Å². The summed E-state index contributed by atoms with van der Waals surface area (Å²) >= 11 is 0. The highest BCUT2D eigenvalue weighted by Crippen LogP contribution is 2.06. The van der Waals surface area contributed by atoms with E-state index in [1.165, 1.54) is 0 Å². The van der Waals surface area contributed by atoms with Crippen molar-refractivity contribution in [2.75, 3.05) is 0 Å². The van der Waals surface area contributed by atoms with E-state index in [2.05, 4.69) is 4.74 Å². The second-order valence-corrected chi connectivity index (χ2v) is 1.90. The van der Waals surface area contributed by atoms with Gasteiger partial charge in [0.05, 0.1) is 0 Å². The highest BCUT2D eigenvalue weighted by Gasteiger charge is 1.92. The Morgan fingerprint density at radius 1 is 1.56 bits per heavy atom. The Morgan fingerprint density at radius 3 is 2.44 bits per heavy atom. The number of rotatable bonds is 3. The third kappa shape index (κ3) is 2.90. The fourth-order valence-corrected chi connectivity index (χ4v) is 0.422. The fourth-order valence-electron chi connectivity index (χ4n) is 0.422. The third-order valence-corrected chi connectivity index (χ3v) is 1.36. The van der Waals surface area contributed by atoms with Crippen LogP contribution in [-0.4, -0.2) is 6.47 Å². The van der Waals surface area contributed by atoms with E-state index in [0.29, 0.717) is 12.2 Å². The molecule has 0 atom stereocenters. The summed E-state index contributed by atoms with van der Waals surface area (Å²) in [5.41, 5.74) is 1.11. The van der Waals surface area contributed by atoms with Crippen molar-refractivity contribution in [1.82, 2.24) is 0 Å². The van der Waals surface area contributed by atoms with Gasteiger partial charge in [-0.1, -0.05) is 6.92 Å². The van der Waals surface area contributed by atoms with Crippen LogP contribution in [0.3, 0.4) is 0 Å². The molecule has 9 heavy (non-hydrogen) atoms. The SMILES string of the molecule is CC/C(C)=C(\C)OC=O. The maximum absolute atomic E-state index is 9.78. The molecule has 0 saturated carbocycles. The summed E-state index contributed by atoms with van der Waals surface area (Å²) in [7, 11) is 0. The van der Waals surface area contributed by atoms with Crippen LogP contribution in [0.5, 0.6) is 0 Å². The van der Waals surface area contributed by atoms with E-state index >= 15 is 0 Å². The second-order valence-electron chi connectivity index (χ2n) is 1.90. The van der Waals surface area contributed by atoms with Crippen molar-refractivity contribution in [3.8, 4) is 0 Å². The molecule has 0 saturated heterocycles. The molecule has 0 unspecified atom stereocenters. The van der Waals surface area contributed by atoms with Gasteiger partial charge in [0.15, 0.2) is 0 Å². The van der Waals surface area contributed by atoms with Crippen LogP contribution in [0, 0.1) is 0 Å². The van der Waals surface area contributed by atoms with E-state index in [1.54, 1.807) is 6.92 Å². The molecule has 0 aromatic heterocycles. The molecule has 0 N–H and O–H groups in total. The fraction of sp³-hybridized carbons (Fsp3) is 0.571. The lowest BCUT2D eigenvalue weighted by atomic mass is 10.2. The molecule has 0 amide bonds. The van der Waals surface area contributed by atoms with Crippen LogP contribution in [0.15, 0.2) is 11.3 Å². The van der Waals surface area contributed by atoms with Crippen LogP contribution in [0.2, 0.25) is 0 Å². The number of carbonyl (C=O) groups excluding carboxylic acids is 1. The first-order valence-electron chi connectivity index (χ1n) is 2.99. The number of hydrogen-bond donors (Lipinski definition) is 0. The van der Waals surface area contributed by atoms with Gasteiger partial charge in [-0.15, -0.1) is 0 Å². The van der Waals surface area contributed by atoms with E-state index in [4.69, 9.17) is 0 Å². The molecular formula is C7H12O2. The smallest absolute Gasteiger partial charge is 0.298 e. The summed E-state index contributed by atoms with van der Waals surface area (Å²) in [6.45, 7) is 6.20. The van der Waals surface area contributed by atoms with E-state index in [-0.39, 0.29) is 0 Å². The van der Waals surface area contributed by atoms with Crippen molar-refractivity contribution < 1.29 is 9.53 Å². The molecule has 0 bridgehead atoms. The van der Waals surface area contributed by atoms with Crippen molar-refractivity contribution in [3.63, 3.8) is 0 Å². The van der Waals surface area contributed by atoms with Crippen molar-refractivity contribution in [2.24, 2.45) is 0 Å². The van der Waals surface area contributed by atoms with E-state index in [0.717, 1.165) is 12.0 Å². The van der Waals surface area contributed by atoms with Gasteiger partial charge in [-0.25, -0.2) is 0 Å². The lowest BCUT2D eigenvalue weighted by Gasteiger charge is -2.00. The summed E-state index contributed by atoms with van der Waals surface area (Å²) in [5, 5.41) is 0. The Kier molecular flexibility index (Phi) is 3.76. The molecular weight excluding hydrogens is 116 g/mol. The van der Waals surface area contributed by atoms with Gasteiger partial charge >= 0.3 is 0 Å². The van der Waals surface area contributed by atoms with Crippen LogP contribution in [0.4, 0.5) is 0 Å².